The maximum atomic E-state index is 13.9. The van der Waals surface area contributed by atoms with Gasteiger partial charge in [-0.25, -0.2) is 0 Å². The second-order valence-corrected chi connectivity index (χ2v) is 9.16. The van der Waals surface area contributed by atoms with Crippen LogP contribution in [0.3, 0.4) is 0 Å². The third-order valence-electron chi connectivity index (χ3n) is 6.54. The second kappa shape index (κ2) is 11.6. The zero-order valence-electron chi connectivity index (χ0n) is 20.4. The van der Waals surface area contributed by atoms with Crippen molar-refractivity contribution in [2.45, 2.75) is 57.7 Å². The molecule has 1 atom stereocenters. The van der Waals surface area contributed by atoms with E-state index in [4.69, 9.17) is 4.74 Å². The minimum atomic E-state index is -0.831. The first-order chi connectivity index (χ1) is 17.0. The molecular formula is C29H33N3O3. The number of rotatable bonds is 8. The van der Waals surface area contributed by atoms with Gasteiger partial charge in [0.05, 0.1) is 7.11 Å². The fraction of sp³-hybridized carbons (Fsp3) is 0.345. The highest BCUT2D eigenvalue weighted by Crippen LogP contribution is 2.29. The van der Waals surface area contributed by atoms with Gasteiger partial charge in [0, 0.05) is 18.8 Å². The van der Waals surface area contributed by atoms with Gasteiger partial charge in [-0.3, -0.25) is 14.6 Å². The highest BCUT2D eigenvalue weighted by Gasteiger charge is 2.34. The van der Waals surface area contributed by atoms with E-state index < -0.39 is 6.04 Å². The van der Waals surface area contributed by atoms with Crippen molar-refractivity contribution in [3.8, 4) is 5.75 Å². The number of carbonyl (C=O) groups is 2. The molecule has 2 aromatic carbocycles. The van der Waals surface area contributed by atoms with Crippen LogP contribution in [0.2, 0.25) is 0 Å². The van der Waals surface area contributed by atoms with Crippen molar-refractivity contribution in [3.05, 3.63) is 95.3 Å². The number of hydrogen-bond donors (Lipinski definition) is 1. The molecule has 1 heterocycles. The highest BCUT2D eigenvalue weighted by molar-refractivity contribution is 5.96. The van der Waals surface area contributed by atoms with Gasteiger partial charge in [-0.1, -0.05) is 67.3 Å². The third kappa shape index (κ3) is 6.27. The number of nitrogens with zero attached hydrogens (tertiary/aromatic N) is 2. The SMILES string of the molecule is COc1cccc([C@H](C(=O)NC2CCCCC2)N(Cc2ccc(C)cc2)C(=O)c2ccccn2)c1. The van der Waals surface area contributed by atoms with Gasteiger partial charge < -0.3 is 15.0 Å². The molecule has 0 radical (unpaired) electrons. The molecule has 0 aliphatic heterocycles. The minimum Gasteiger partial charge on any atom is -0.497 e. The van der Waals surface area contributed by atoms with Crippen molar-refractivity contribution in [1.29, 1.82) is 0 Å². The zero-order valence-corrected chi connectivity index (χ0v) is 20.4. The van der Waals surface area contributed by atoms with E-state index in [1.165, 1.54) is 6.42 Å². The molecule has 1 saturated carbocycles. The van der Waals surface area contributed by atoms with Crippen LogP contribution in [-0.2, 0) is 11.3 Å². The van der Waals surface area contributed by atoms with Gasteiger partial charge in [-0.05, 0) is 55.2 Å². The summed E-state index contributed by atoms with van der Waals surface area (Å²) in [6, 6.07) is 20.0. The Labute approximate surface area is 207 Å². The first kappa shape index (κ1) is 24.5. The number of methoxy groups -OCH3 is 1. The van der Waals surface area contributed by atoms with Gasteiger partial charge in [-0.15, -0.1) is 0 Å². The molecule has 35 heavy (non-hydrogen) atoms. The molecule has 3 aromatic rings. The smallest absolute Gasteiger partial charge is 0.273 e. The van der Waals surface area contributed by atoms with Crippen LogP contribution < -0.4 is 10.1 Å². The first-order valence-electron chi connectivity index (χ1n) is 12.3. The van der Waals surface area contributed by atoms with Crippen LogP contribution in [0.5, 0.6) is 5.75 Å². The molecule has 0 spiro atoms. The summed E-state index contributed by atoms with van der Waals surface area (Å²) in [5, 5.41) is 3.24. The number of ether oxygens (including phenoxy) is 1. The largest absolute Gasteiger partial charge is 0.497 e. The van der Waals surface area contributed by atoms with Crippen LogP contribution in [0.15, 0.2) is 72.9 Å². The van der Waals surface area contributed by atoms with E-state index in [2.05, 4.69) is 10.3 Å². The Morgan fingerprint density at radius 1 is 1.03 bits per heavy atom. The van der Waals surface area contributed by atoms with E-state index in [1.807, 2.05) is 55.5 Å². The number of aromatic nitrogens is 1. The maximum absolute atomic E-state index is 13.9. The molecule has 0 unspecified atom stereocenters. The molecule has 4 rings (SSSR count). The lowest BCUT2D eigenvalue weighted by Crippen LogP contribution is -2.47. The van der Waals surface area contributed by atoms with Crippen LogP contribution in [0.4, 0.5) is 0 Å². The van der Waals surface area contributed by atoms with Gasteiger partial charge in [0.15, 0.2) is 0 Å². The Morgan fingerprint density at radius 2 is 1.80 bits per heavy atom. The fourth-order valence-corrected chi connectivity index (χ4v) is 4.62. The number of benzene rings is 2. The van der Waals surface area contributed by atoms with Crippen LogP contribution in [0, 0.1) is 6.92 Å². The number of hydrogen-bond acceptors (Lipinski definition) is 4. The third-order valence-corrected chi connectivity index (χ3v) is 6.54. The van der Waals surface area contributed by atoms with Gasteiger partial charge in [0.25, 0.3) is 5.91 Å². The van der Waals surface area contributed by atoms with Crippen molar-refractivity contribution in [2.75, 3.05) is 7.11 Å². The molecule has 6 nitrogen and oxygen atoms in total. The van der Waals surface area contributed by atoms with E-state index in [0.29, 0.717) is 17.0 Å². The summed E-state index contributed by atoms with van der Waals surface area (Å²) in [6.07, 6.45) is 6.93. The monoisotopic (exact) mass is 471 g/mol. The summed E-state index contributed by atoms with van der Waals surface area (Å²) in [4.78, 5) is 33.6. The Balaban J connectivity index is 1.75. The minimum absolute atomic E-state index is 0.121. The Hall–Kier alpha value is -3.67. The summed E-state index contributed by atoms with van der Waals surface area (Å²) in [5.74, 6) is 0.165. The molecule has 0 saturated heterocycles. The van der Waals surface area contributed by atoms with E-state index >= 15 is 0 Å². The van der Waals surface area contributed by atoms with E-state index in [-0.39, 0.29) is 24.4 Å². The molecule has 6 heteroatoms. The van der Waals surface area contributed by atoms with E-state index in [9.17, 15) is 9.59 Å². The Bertz CT molecular complexity index is 1130. The summed E-state index contributed by atoms with van der Waals surface area (Å²) in [5.41, 5.74) is 3.08. The Kier molecular flexibility index (Phi) is 8.14. The summed E-state index contributed by atoms with van der Waals surface area (Å²) < 4.78 is 5.44. The lowest BCUT2D eigenvalue weighted by molar-refractivity contribution is -0.127. The number of amides is 2. The zero-order chi connectivity index (χ0) is 24.6. The molecule has 1 N–H and O–H groups in total. The molecule has 0 bridgehead atoms. The van der Waals surface area contributed by atoms with E-state index in [1.54, 1.807) is 36.4 Å². The van der Waals surface area contributed by atoms with Gasteiger partial charge in [0.2, 0.25) is 5.91 Å². The second-order valence-electron chi connectivity index (χ2n) is 9.16. The average Bonchev–Trinajstić information content (AvgIpc) is 2.90. The van der Waals surface area contributed by atoms with Crippen molar-refractivity contribution in [3.63, 3.8) is 0 Å². The standard InChI is InChI=1S/C29H33N3O3/c1-21-14-16-22(17-15-21)20-32(29(34)26-13-6-7-18-30-26)27(23-9-8-12-25(19-23)35-2)28(33)31-24-10-4-3-5-11-24/h6-9,12-19,24,27H,3-5,10-11,20H2,1-2H3,(H,31,33)/t27-/m1/s1. The quantitative estimate of drug-likeness (QED) is 0.488. The topological polar surface area (TPSA) is 71.5 Å². The van der Waals surface area contributed by atoms with Crippen LogP contribution in [-0.4, -0.2) is 34.8 Å². The molecule has 1 aliphatic rings. The summed E-state index contributed by atoms with van der Waals surface area (Å²) in [7, 11) is 1.60. The number of aryl methyl sites for hydroxylation is 1. The number of pyridine rings is 1. The first-order valence-corrected chi connectivity index (χ1v) is 12.3. The molecular weight excluding hydrogens is 438 g/mol. The highest BCUT2D eigenvalue weighted by atomic mass is 16.5. The molecule has 182 valence electrons. The van der Waals surface area contributed by atoms with Crippen LogP contribution >= 0.6 is 0 Å². The van der Waals surface area contributed by atoms with Crippen molar-refractivity contribution < 1.29 is 14.3 Å². The van der Waals surface area contributed by atoms with Crippen LogP contribution in [0.25, 0.3) is 0 Å². The Morgan fingerprint density at radius 3 is 2.49 bits per heavy atom. The van der Waals surface area contributed by atoms with Gasteiger partial charge in [0.1, 0.15) is 17.5 Å². The predicted octanol–water partition coefficient (Wildman–Crippen LogP) is 5.23. The molecule has 1 fully saturated rings. The number of nitrogens with one attached hydrogen (secondary N) is 1. The van der Waals surface area contributed by atoms with E-state index in [0.717, 1.165) is 36.8 Å². The lowest BCUT2D eigenvalue weighted by atomic mass is 9.94. The van der Waals surface area contributed by atoms with Crippen LogP contribution in [0.1, 0.15) is 65.3 Å². The average molecular weight is 472 g/mol. The maximum Gasteiger partial charge on any atom is 0.273 e. The molecule has 1 aliphatic carbocycles. The molecule has 2 amide bonds. The van der Waals surface area contributed by atoms with Gasteiger partial charge >= 0.3 is 0 Å². The normalized spacial score (nSPS) is 14.7. The number of carbonyl (C=O) groups excluding carboxylic acids is 2. The summed E-state index contributed by atoms with van der Waals surface area (Å²) >= 11 is 0. The van der Waals surface area contributed by atoms with Crippen molar-refractivity contribution in [1.82, 2.24) is 15.2 Å². The predicted molar refractivity (Wildman–Crippen MR) is 136 cm³/mol. The summed E-state index contributed by atoms with van der Waals surface area (Å²) in [6.45, 7) is 2.30. The fourth-order valence-electron chi connectivity index (χ4n) is 4.62. The van der Waals surface area contributed by atoms with Crippen molar-refractivity contribution in [2.24, 2.45) is 0 Å². The van der Waals surface area contributed by atoms with Gasteiger partial charge in [-0.2, -0.15) is 0 Å². The molecule has 1 aromatic heterocycles. The van der Waals surface area contributed by atoms with Crippen molar-refractivity contribution >= 4 is 11.8 Å². The lowest BCUT2D eigenvalue weighted by Gasteiger charge is -2.33.